The number of aryl methyl sites for hydroxylation is 2. The Hall–Kier alpha value is -0.880. The van der Waals surface area contributed by atoms with Crippen LogP contribution in [0.15, 0.2) is 4.90 Å². The second-order valence-corrected chi connectivity index (χ2v) is 7.99. The van der Waals surface area contributed by atoms with Gasteiger partial charge in [-0.2, -0.15) is 5.10 Å². The van der Waals surface area contributed by atoms with Crippen LogP contribution >= 0.6 is 0 Å². The Balaban J connectivity index is 2.18. The Morgan fingerprint density at radius 3 is 2.58 bits per heavy atom. The van der Waals surface area contributed by atoms with E-state index in [0.29, 0.717) is 16.3 Å². The number of nitrogens with zero attached hydrogens (tertiary/aromatic N) is 1. The Labute approximate surface area is 115 Å². The Kier molecular flexibility index (Phi) is 3.75. The summed E-state index contributed by atoms with van der Waals surface area (Å²) in [6, 6.07) is 0.0300. The van der Waals surface area contributed by atoms with Gasteiger partial charge in [-0.15, -0.1) is 0 Å². The molecule has 0 aliphatic heterocycles. The lowest BCUT2D eigenvalue weighted by molar-refractivity contribution is 0.212. The molecule has 1 fully saturated rings. The first-order valence-electron chi connectivity index (χ1n) is 6.75. The van der Waals surface area contributed by atoms with Crippen LogP contribution in [0.1, 0.15) is 50.9 Å². The summed E-state index contributed by atoms with van der Waals surface area (Å²) in [5.41, 5.74) is 1.34. The summed E-state index contributed by atoms with van der Waals surface area (Å²) in [4.78, 5) is 0.302. The van der Waals surface area contributed by atoms with E-state index in [4.69, 9.17) is 0 Å². The number of aromatic amines is 1. The second kappa shape index (κ2) is 4.90. The van der Waals surface area contributed by atoms with Crippen molar-refractivity contribution in [2.45, 2.75) is 64.3 Å². The lowest BCUT2D eigenvalue weighted by atomic mass is 9.75. The van der Waals surface area contributed by atoms with E-state index in [9.17, 15) is 8.42 Å². The fourth-order valence-corrected chi connectivity index (χ4v) is 4.65. The second-order valence-electron chi connectivity index (χ2n) is 6.34. The van der Waals surface area contributed by atoms with Crippen LogP contribution in [-0.4, -0.2) is 24.7 Å². The Bertz CT molecular complexity index is 541. The minimum Gasteiger partial charge on any atom is -0.281 e. The van der Waals surface area contributed by atoms with Crippen molar-refractivity contribution in [2.75, 3.05) is 0 Å². The molecule has 19 heavy (non-hydrogen) atoms. The summed E-state index contributed by atoms with van der Waals surface area (Å²) < 4.78 is 27.7. The van der Waals surface area contributed by atoms with Crippen molar-refractivity contribution in [3.05, 3.63) is 11.4 Å². The molecule has 2 N–H and O–H groups in total. The Morgan fingerprint density at radius 2 is 2.05 bits per heavy atom. The van der Waals surface area contributed by atoms with Crippen LogP contribution in [-0.2, 0) is 10.0 Å². The van der Waals surface area contributed by atoms with Crippen LogP contribution in [0.2, 0.25) is 0 Å². The molecule has 0 amide bonds. The molecule has 1 heterocycles. The van der Waals surface area contributed by atoms with E-state index in [1.54, 1.807) is 13.8 Å². The minimum absolute atomic E-state index is 0.0300. The number of H-pyrrole nitrogens is 1. The van der Waals surface area contributed by atoms with Crippen molar-refractivity contribution in [3.63, 3.8) is 0 Å². The minimum atomic E-state index is -3.47. The predicted octanol–water partition coefficient (Wildman–Crippen LogP) is 2.27. The fourth-order valence-electron chi connectivity index (χ4n) is 3.01. The lowest BCUT2D eigenvalue weighted by Gasteiger charge is -2.35. The zero-order valence-corrected chi connectivity index (χ0v) is 12.9. The van der Waals surface area contributed by atoms with Crippen LogP contribution in [0, 0.1) is 19.3 Å². The molecule has 1 aromatic rings. The van der Waals surface area contributed by atoms with Crippen LogP contribution in [0.4, 0.5) is 0 Å². The van der Waals surface area contributed by atoms with Gasteiger partial charge in [-0.1, -0.05) is 20.3 Å². The summed E-state index contributed by atoms with van der Waals surface area (Å²) in [6.07, 6.45) is 4.04. The van der Waals surface area contributed by atoms with Gasteiger partial charge in [0.25, 0.3) is 0 Å². The fraction of sp³-hybridized carbons (Fsp3) is 0.769. The van der Waals surface area contributed by atoms with E-state index < -0.39 is 10.0 Å². The third-order valence-electron chi connectivity index (χ3n) is 3.86. The third kappa shape index (κ3) is 3.17. The summed E-state index contributed by atoms with van der Waals surface area (Å²) >= 11 is 0. The van der Waals surface area contributed by atoms with Gasteiger partial charge in [0.2, 0.25) is 10.0 Å². The van der Waals surface area contributed by atoms with Gasteiger partial charge < -0.3 is 0 Å². The van der Waals surface area contributed by atoms with Crippen molar-refractivity contribution < 1.29 is 8.42 Å². The van der Waals surface area contributed by atoms with Crippen molar-refractivity contribution in [2.24, 2.45) is 5.41 Å². The molecule has 2 rings (SSSR count). The molecule has 6 heteroatoms. The number of hydrogen-bond acceptors (Lipinski definition) is 3. The number of aromatic nitrogens is 2. The molecule has 0 aromatic carbocycles. The van der Waals surface area contributed by atoms with Gasteiger partial charge in [-0.3, -0.25) is 5.10 Å². The molecule has 1 saturated carbocycles. The molecule has 0 bridgehead atoms. The van der Waals surface area contributed by atoms with E-state index in [2.05, 4.69) is 28.8 Å². The molecule has 1 aliphatic carbocycles. The quantitative estimate of drug-likeness (QED) is 0.894. The number of rotatable bonds is 3. The SMILES string of the molecule is Cc1n[nH]c(C)c1S(=O)(=O)NC1CCCC(C)(C)C1. The van der Waals surface area contributed by atoms with Crippen LogP contribution in [0.5, 0.6) is 0 Å². The Morgan fingerprint density at radius 1 is 1.37 bits per heavy atom. The van der Waals surface area contributed by atoms with E-state index in [1.165, 1.54) is 0 Å². The van der Waals surface area contributed by atoms with E-state index in [1.807, 2.05) is 0 Å². The van der Waals surface area contributed by atoms with Crippen LogP contribution < -0.4 is 4.72 Å². The van der Waals surface area contributed by atoms with Gasteiger partial charge in [-0.25, -0.2) is 13.1 Å². The van der Waals surface area contributed by atoms with Crippen molar-refractivity contribution in [1.29, 1.82) is 0 Å². The lowest BCUT2D eigenvalue weighted by Crippen LogP contribution is -2.40. The first-order chi connectivity index (χ1) is 8.71. The van der Waals surface area contributed by atoms with Gasteiger partial charge in [-0.05, 0) is 38.5 Å². The molecular weight excluding hydrogens is 262 g/mol. The first-order valence-corrected chi connectivity index (χ1v) is 8.23. The van der Waals surface area contributed by atoms with Gasteiger partial charge in [0, 0.05) is 6.04 Å². The summed E-state index contributed by atoms with van der Waals surface area (Å²) in [7, 11) is -3.47. The normalized spacial score (nSPS) is 23.5. The average Bonchev–Trinajstić information content (AvgIpc) is 2.56. The predicted molar refractivity (Wildman–Crippen MR) is 74.4 cm³/mol. The van der Waals surface area contributed by atoms with E-state index in [0.717, 1.165) is 25.7 Å². The van der Waals surface area contributed by atoms with Gasteiger partial charge >= 0.3 is 0 Å². The van der Waals surface area contributed by atoms with E-state index in [-0.39, 0.29) is 11.5 Å². The monoisotopic (exact) mass is 285 g/mol. The highest BCUT2D eigenvalue weighted by molar-refractivity contribution is 7.89. The van der Waals surface area contributed by atoms with Crippen molar-refractivity contribution in [3.8, 4) is 0 Å². The first kappa shape index (κ1) is 14.5. The number of hydrogen-bond donors (Lipinski definition) is 2. The van der Waals surface area contributed by atoms with Crippen LogP contribution in [0.25, 0.3) is 0 Å². The average molecular weight is 285 g/mol. The summed E-state index contributed by atoms with van der Waals surface area (Å²) in [5.74, 6) is 0. The molecule has 0 saturated heterocycles. The zero-order valence-electron chi connectivity index (χ0n) is 12.1. The molecule has 0 radical (unpaired) electrons. The van der Waals surface area contributed by atoms with Gasteiger partial charge in [0.15, 0.2) is 0 Å². The summed E-state index contributed by atoms with van der Waals surface area (Å²) in [6.45, 7) is 7.84. The highest BCUT2D eigenvalue weighted by atomic mass is 32.2. The molecule has 108 valence electrons. The molecule has 1 aliphatic rings. The molecule has 0 spiro atoms. The number of sulfonamides is 1. The topological polar surface area (TPSA) is 74.8 Å². The highest BCUT2D eigenvalue weighted by Gasteiger charge is 2.32. The molecule has 1 aromatic heterocycles. The number of nitrogens with one attached hydrogen (secondary N) is 2. The van der Waals surface area contributed by atoms with Crippen molar-refractivity contribution >= 4 is 10.0 Å². The summed E-state index contributed by atoms with van der Waals surface area (Å²) in [5, 5.41) is 6.69. The largest absolute Gasteiger partial charge is 0.281 e. The maximum absolute atomic E-state index is 12.4. The molecule has 5 nitrogen and oxygen atoms in total. The third-order valence-corrected chi connectivity index (χ3v) is 5.64. The highest BCUT2D eigenvalue weighted by Crippen LogP contribution is 2.35. The molecular formula is C13H23N3O2S. The smallest absolute Gasteiger partial charge is 0.244 e. The maximum atomic E-state index is 12.4. The molecule has 1 unspecified atom stereocenters. The van der Waals surface area contributed by atoms with Crippen LogP contribution in [0.3, 0.4) is 0 Å². The van der Waals surface area contributed by atoms with Gasteiger partial charge in [0.1, 0.15) is 4.90 Å². The standard InChI is InChI=1S/C13H23N3O2S/c1-9-12(10(2)15-14-9)19(17,18)16-11-6-5-7-13(3,4)8-11/h11,16H,5-8H2,1-4H3,(H,14,15). The van der Waals surface area contributed by atoms with E-state index >= 15 is 0 Å². The maximum Gasteiger partial charge on any atom is 0.244 e. The zero-order chi connectivity index (χ0) is 14.3. The molecule has 1 atom stereocenters. The van der Waals surface area contributed by atoms with Gasteiger partial charge in [0.05, 0.1) is 11.4 Å². The van der Waals surface area contributed by atoms with Crippen molar-refractivity contribution in [1.82, 2.24) is 14.9 Å².